The van der Waals surface area contributed by atoms with Crippen molar-refractivity contribution in [2.24, 2.45) is 11.1 Å². The van der Waals surface area contributed by atoms with E-state index in [1.54, 1.807) is 17.0 Å². The monoisotopic (exact) mass is 442 g/mol. The van der Waals surface area contributed by atoms with Crippen LogP contribution in [0.5, 0.6) is 0 Å². The Bertz CT molecular complexity index is 1250. The quantitative estimate of drug-likeness (QED) is 0.521. The first-order valence-electron chi connectivity index (χ1n) is 11.0. The van der Waals surface area contributed by atoms with Crippen LogP contribution in [0.2, 0.25) is 0 Å². The van der Waals surface area contributed by atoms with Gasteiger partial charge in [0.05, 0.1) is 28.2 Å². The first kappa shape index (κ1) is 22.3. The number of anilines is 1. The first-order valence-corrected chi connectivity index (χ1v) is 11.0. The molecule has 0 saturated carbocycles. The number of nitrogens with two attached hydrogens (primary N) is 1. The van der Waals surface area contributed by atoms with E-state index in [1.165, 1.54) is 12.1 Å². The molecular formula is C26H26N4O3. The van der Waals surface area contributed by atoms with Gasteiger partial charge in [0.1, 0.15) is 5.82 Å². The van der Waals surface area contributed by atoms with Gasteiger partial charge in [0.2, 0.25) is 0 Å². The van der Waals surface area contributed by atoms with Crippen molar-refractivity contribution in [2.75, 3.05) is 4.90 Å². The Morgan fingerprint density at radius 2 is 1.91 bits per heavy atom. The van der Waals surface area contributed by atoms with E-state index in [2.05, 4.69) is 13.0 Å². The van der Waals surface area contributed by atoms with Crippen LogP contribution in [0.3, 0.4) is 0 Å². The first-order chi connectivity index (χ1) is 15.7. The smallest absolute Gasteiger partial charge is 0.271 e. The number of aryl methyl sites for hydroxylation is 1. The minimum absolute atomic E-state index is 0.0264. The van der Waals surface area contributed by atoms with E-state index in [4.69, 9.17) is 5.73 Å². The Hall–Kier alpha value is -3.92. The summed E-state index contributed by atoms with van der Waals surface area (Å²) in [5, 5.41) is 21.5. The van der Waals surface area contributed by atoms with Gasteiger partial charge in [-0.1, -0.05) is 51.1 Å². The van der Waals surface area contributed by atoms with E-state index in [0.29, 0.717) is 29.8 Å². The number of nitriles is 1. The fraction of sp³-hybridized carbons (Fsp3) is 0.308. The Kier molecular flexibility index (Phi) is 5.54. The lowest BCUT2D eigenvalue weighted by Crippen LogP contribution is -2.42. The van der Waals surface area contributed by atoms with E-state index in [0.717, 1.165) is 17.5 Å². The number of Topliss-reactive ketones (excluding diaryl/α,β-unsaturated/α-hetero) is 1. The lowest BCUT2D eigenvalue weighted by Gasteiger charge is -2.43. The molecule has 2 N–H and O–H groups in total. The molecule has 0 fully saturated rings. The van der Waals surface area contributed by atoms with E-state index in [9.17, 15) is 20.2 Å². The van der Waals surface area contributed by atoms with Crippen LogP contribution in [0.25, 0.3) is 0 Å². The molecule has 1 aliphatic carbocycles. The fourth-order valence-corrected chi connectivity index (χ4v) is 4.83. The predicted octanol–water partition coefficient (Wildman–Crippen LogP) is 5.10. The maximum atomic E-state index is 13.5. The number of hydrogen-bond donors (Lipinski definition) is 1. The average molecular weight is 443 g/mol. The van der Waals surface area contributed by atoms with Gasteiger partial charge in [-0.15, -0.1) is 0 Å². The Morgan fingerprint density at radius 1 is 1.21 bits per heavy atom. The molecule has 0 spiro atoms. The number of carbonyl (C=O) groups is 1. The van der Waals surface area contributed by atoms with E-state index in [-0.39, 0.29) is 28.3 Å². The zero-order chi connectivity index (χ0) is 23.9. The van der Waals surface area contributed by atoms with Gasteiger partial charge in [0, 0.05) is 29.8 Å². The molecule has 168 valence electrons. The average Bonchev–Trinajstić information content (AvgIpc) is 2.77. The molecule has 0 radical (unpaired) electrons. The summed E-state index contributed by atoms with van der Waals surface area (Å²) in [5.41, 5.74) is 10.2. The van der Waals surface area contributed by atoms with Crippen molar-refractivity contribution in [2.45, 2.75) is 46.0 Å². The number of nitrogens with zero attached hydrogens (tertiary/aromatic N) is 3. The second kappa shape index (κ2) is 8.21. The molecular weight excluding hydrogens is 416 g/mol. The molecule has 1 heterocycles. The summed E-state index contributed by atoms with van der Waals surface area (Å²) in [4.78, 5) is 26.1. The zero-order valence-corrected chi connectivity index (χ0v) is 19.0. The number of ketones is 1. The van der Waals surface area contributed by atoms with Gasteiger partial charge in [0.15, 0.2) is 5.78 Å². The molecule has 0 saturated heterocycles. The van der Waals surface area contributed by atoms with Gasteiger partial charge in [-0.05, 0) is 35.4 Å². The lowest BCUT2D eigenvalue weighted by molar-refractivity contribution is -0.384. The van der Waals surface area contributed by atoms with Gasteiger partial charge < -0.3 is 5.73 Å². The number of allylic oxidation sites excluding steroid dienone is 3. The number of benzene rings is 2. The number of nitro groups is 1. The topological polar surface area (TPSA) is 113 Å². The summed E-state index contributed by atoms with van der Waals surface area (Å²) in [6.45, 7) is 6.11. The molecule has 33 heavy (non-hydrogen) atoms. The molecule has 2 aromatic carbocycles. The highest BCUT2D eigenvalue weighted by molar-refractivity contribution is 6.01. The number of hydrogen-bond acceptors (Lipinski definition) is 6. The molecule has 2 aromatic rings. The summed E-state index contributed by atoms with van der Waals surface area (Å²) in [6, 6.07) is 16.3. The number of carbonyl (C=O) groups excluding carboxylic acids is 1. The molecule has 4 rings (SSSR count). The summed E-state index contributed by atoms with van der Waals surface area (Å²) in [5.74, 6) is -0.386. The third kappa shape index (κ3) is 3.89. The molecule has 1 atom stereocenters. The molecule has 7 nitrogen and oxygen atoms in total. The molecule has 7 heteroatoms. The van der Waals surface area contributed by atoms with Crippen LogP contribution in [-0.2, 0) is 11.2 Å². The zero-order valence-electron chi connectivity index (χ0n) is 19.0. The summed E-state index contributed by atoms with van der Waals surface area (Å²) in [7, 11) is 0. The Balaban J connectivity index is 1.97. The number of rotatable bonds is 4. The highest BCUT2D eigenvalue weighted by Gasteiger charge is 2.44. The van der Waals surface area contributed by atoms with E-state index >= 15 is 0 Å². The van der Waals surface area contributed by atoms with Crippen LogP contribution >= 0.6 is 0 Å². The highest BCUT2D eigenvalue weighted by Crippen LogP contribution is 2.50. The van der Waals surface area contributed by atoms with Crippen molar-refractivity contribution in [1.29, 1.82) is 5.26 Å². The van der Waals surface area contributed by atoms with Crippen molar-refractivity contribution < 1.29 is 9.72 Å². The molecule has 1 aliphatic heterocycles. The Morgan fingerprint density at radius 3 is 2.52 bits per heavy atom. The lowest BCUT2D eigenvalue weighted by atomic mass is 9.68. The normalized spacial score (nSPS) is 19.9. The van der Waals surface area contributed by atoms with Crippen molar-refractivity contribution in [1.82, 2.24) is 0 Å². The van der Waals surface area contributed by atoms with Crippen LogP contribution in [-0.4, -0.2) is 10.7 Å². The van der Waals surface area contributed by atoms with Crippen LogP contribution in [0, 0.1) is 26.9 Å². The van der Waals surface area contributed by atoms with Gasteiger partial charge in [0.25, 0.3) is 5.69 Å². The summed E-state index contributed by atoms with van der Waals surface area (Å²) < 4.78 is 0. The summed E-state index contributed by atoms with van der Waals surface area (Å²) >= 11 is 0. The van der Waals surface area contributed by atoms with Crippen LogP contribution in [0.4, 0.5) is 11.4 Å². The fourth-order valence-electron chi connectivity index (χ4n) is 4.83. The van der Waals surface area contributed by atoms with Crippen LogP contribution < -0.4 is 10.6 Å². The molecule has 0 bridgehead atoms. The van der Waals surface area contributed by atoms with Gasteiger partial charge in [-0.2, -0.15) is 5.26 Å². The number of nitro benzene ring substituents is 1. The largest absolute Gasteiger partial charge is 0.384 e. The standard InChI is InChI=1S/C26H26N4O3/c1-4-16-8-10-17(11-9-16)23-20(15-27)25(28)29(18-6-5-7-19(12-18)30(32)33)21-13-26(2,3)14-22(31)24(21)23/h5-12,23H,4,13-14,28H2,1-3H3/t23-/m0/s1. The molecule has 2 aliphatic rings. The second-order valence-electron chi connectivity index (χ2n) is 9.35. The van der Waals surface area contributed by atoms with Gasteiger partial charge in [-0.25, -0.2) is 0 Å². The van der Waals surface area contributed by atoms with Crippen LogP contribution in [0.1, 0.15) is 50.7 Å². The van der Waals surface area contributed by atoms with E-state index in [1.807, 2.05) is 38.1 Å². The minimum atomic E-state index is -0.561. The third-order valence-electron chi connectivity index (χ3n) is 6.40. The molecule has 0 amide bonds. The van der Waals surface area contributed by atoms with Crippen molar-refractivity contribution in [3.05, 3.63) is 92.4 Å². The molecule has 0 unspecified atom stereocenters. The predicted molar refractivity (Wildman–Crippen MR) is 126 cm³/mol. The summed E-state index contributed by atoms with van der Waals surface area (Å²) in [6.07, 6.45) is 1.80. The third-order valence-corrected chi connectivity index (χ3v) is 6.40. The van der Waals surface area contributed by atoms with Crippen molar-refractivity contribution in [3.8, 4) is 6.07 Å². The molecule has 0 aromatic heterocycles. The van der Waals surface area contributed by atoms with Crippen LogP contribution in [0.15, 0.2) is 71.2 Å². The van der Waals surface area contributed by atoms with Crippen molar-refractivity contribution in [3.63, 3.8) is 0 Å². The minimum Gasteiger partial charge on any atom is -0.384 e. The maximum Gasteiger partial charge on any atom is 0.271 e. The van der Waals surface area contributed by atoms with Crippen molar-refractivity contribution >= 4 is 17.2 Å². The van der Waals surface area contributed by atoms with Gasteiger partial charge >= 0.3 is 0 Å². The number of non-ortho nitro benzene ring substituents is 1. The van der Waals surface area contributed by atoms with Gasteiger partial charge in [-0.3, -0.25) is 19.8 Å². The Labute approximate surface area is 193 Å². The highest BCUT2D eigenvalue weighted by atomic mass is 16.6. The second-order valence-corrected chi connectivity index (χ2v) is 9.35. The SMILES string of the molecule is CCc1ccc([C@H]2C(C#N)=C(N)N(c3cccc([N+](=O)[O-])c3)C3=C2C(=O)CC(C)(C)C3)cc1. The van der Waals surface area contributed by atoms with E-state index < -0.39 is 10.8 Å². The maximum absolute atomic E-state index is 13.5.